The molecule has 6 heteroatoms. The molecular weight excluding hydrogens is 410 g/mol. The summed E-state index contributed by atoms with van der Waals surface area (Å²) < 4.78 is 0. The third-order valence-corrected chi connectivity index (χ3v) is 7.45. The summed E-state index contributed by atoms with van der Waals surface area (Å²) >= 11 is 0. The van der Waals surface area contributed by atoms with Gasteiger partial charge in [0, 0.05) is 70.2 Å². The number of piperidine rings is 1. The minimum atomic E-state index is -0.0580. The zero-order valence-corrected chi connectivity index (χ0v) is 21.0. The summed E-state index contributed by atoms with van der Waals surface area (Å²) in [5.41, 5.74) is 4.29. The fraction of sp³-hybridized carbons (Fsp3) is 0.667. The highest BCUT2D eigenvalue weighted by atomic mass is 16.2. The van der Waals surface area contributed by atoms with E-state index in [1.54, 1.807) is 0 Å². The van der Waals surface area contributed by atoms with Crippen molar-refractivity contribution in [1.29, 1.82) is 0 Å². The summed E-state index contributed by atoms with van der Waals surface area (Å²) in [5.74, 6) is 1.60. The maximum absolute atomic E-state index is 12.5. The van der Waals surface area contributed by atoms with Gasteiger partial charge in [-0.2, -0.15) is 0 Å². The second-order valence-electron chi connectivity index (χ2n) is 10.8. The molecule has 33 heavy (non-hydrogen) atoms. The molecule has 3 heterocycles. The largest absolute Gasteiger partial charge is 0.326 e. The van der Waals surface area contributed by atoms with Crippen LogP contribution in [0.3, 0.4) is 0 Å². The van der Waals surface area contributed by atoms with Crippen LogP contribution in [-0.2, 0) is 6.54 Å². The lowest BCUT2D eigenvalue weighted by Crippen LogP contribution is -2.49. The molecule has 2 amide bonds. The molecule has 0 radical (unpaired) electrons. The Balaban J connectivity index is 1.24. The van der Waals surface area contributed by atoms with Crippen LogP contribution in [0.1, 0.15) is 44.2 Å². The second kappa shape index (κ2) is 11.0. The Morgan fingerprint density at radius 3 is 2.36 bits per heavy atom. The van der Waals surface area contributed by atoms with Crippen molar-refractivity contribution < 1.29 is 4.79 Å². The molecule has 0 bridgehead atoms. The number of aryl methyl sites for hydroxylation is 1. The van der Waals surface area contributed by atoms with E-state index < -0.39 is 0 Å². The molecule has 1 aromatic rings. The predicted molar refractivity (Wildman–Crippen MR) is 137 cm³/mol. The average Bonchev–Trinajstić information content (AvgIpc) is 2.78. The van der Waals surface area contributed by atoms with Gasteiger partial charge in [-0.05, 0) is 61.9 Å². The molecule has 1 aromatic carbocycles. The molecule has 0 spiro atoms. The number of benzene rings is 1. The second-order valence-corrected chi connectivity index (χ2v) is 10.8. The van der Waals surface area contributed by atoms with E-state index in [-0.39, 0.29) is 6.03 Å². The first kappa shape index (κ1) is 24.2. The molecule has 6 nitrogen and oxygen atoms in total. The third kappa shape index (κ3) is 6.58. The number of nitrogens with one attached hydrogen (secondary N) is 1. The van der Waals surface area contributed by atoms with Crippen LogP contribution < -0.4 is 10.2 Å². The van der Waals surface area contributed by atoms with Gasteiger partial charge in [-0.25, -0.2) is 4.79 Å². The van der Waals surface area contributed by atoms with Crippen LogP contribution in [0.25, 0.3) is 0 Å². The van der Waals surface area contributed by atoms with Crippen molar-refractivity contribution in [1.82, 2.24) is 20.0 Å². The lowest BCUT2D eigenvalue weighted by molar-refractivity contribution is 0.0884. The third-order valence-electron chi connectivity index (χ3n) is 7.45. The maximum atomic E-state index is 12.5. The van der Waals surface area contributed by atoms with E-state index in [9.17, 15) is 4.79 Å². The van der Waals surface area contributed by atoms with Gasteiger partial charge in [-0.1, -0.05) is 32.6 Å². The van der Waals surface area contributed by atoms with Crippen molar-refractivity contribution in [3.63, 3.8) is 0 Å². The fourth-order valence-corrected chi connectivity index (χ4v) is 5.52. The first-order chi connectivity index (χ1) is 15.9. The van der Waals surface area contributed by atoms with Crippen LogP contribution in [0.2, 0.25) is 0 Å². The van der Waals surface area contributed by atoms with Gasteiger partial charge in [-0.15, -0.1) is 0 Å². The summed E-state index contributed by atoms with van der Waals surface area (Å²) in [4.78, 5) is 22.2. The Kier molecular flexibility index (Phi) is 8.10. The molecule has 3 fully saturated rings. The van der Waals surface area contributed by atoms with Crippen molar-refractivity contribution in [2.24, 2.45) is 11.8 Å². The van der Waals surface area contributed by atoms with Crippen molar-refractivity contribution in [2.75, 3.05) is 63.8 Å². The SMILES string of the molecule is C=C1CCN(c2cc(CN3CCC(CN4CCN(CC(C)C)CC4)CC3)ccc2C)C(=O)N1. The maximum Gasteiger partial charge on any atom is 0.326 e. The summed E-state index contributed by atoms with van der Waals surface area (Å²) in [5, 5.41) is 2.88. The van der Waals surface area contributed by atoms with Gasteiger partial charge < -0.3 is 15.1 Å². The predicted octanol–water partition coefficient (Wildman–Crippen LogP) is 3.91. The lowest BCUT2D eigenvalue weighted by Gasteiger charge is -2.39. The van der Waals surface area contributed by atoms with Gasteiger partial charge in [0.2, 0.25) is 0 Å². The molecule has 0 aliphatic carbocycles. The van der Waals surface area contributed by atoms with Crippen LogP contribution in [-0.4, -0.2) is 79.6 Å². The van der Waals surface area contributed by atoms with Gasteiger partial charge in [0.25, 0.3) is 0 Å². The topological polar surface area (TPSA) is 42.1 Å². The van der Waals surface area contributed by atoms with Crippen LogP contribution in [0.5, 0.6) is 0 Å². The molecule has 1 N–H and O–H groups in total. The zero-order valence-electron chi connectivity index (χ0n) is 21.0. The number of amides is 2. The van der Waals surface area contributed by atoms with E-state index in [1.165, 1.54) is 70.8 Å². The summed E-state index contributed by atoms with van der Waals surface area (Å²) in [7, 11) is 0. The lowest BCUT2D eigenvalue weighted by atomic mass is 9.95. The minimum Gasteiger partial charge on any atom is -0.312 e. The number of nitrogens with zero attached hydrogens (tertiary/aromatic N) is 4. The smallest absolute Gasteiger partial charge is 0.312 e. The summed E-state index contributed by atoms with van der Waals surface area (Å²) in [6.45, 7) is 22.1. The van der Waals surface area contributed by atoms with Gasteiger partial charge in [0.05, 0.1) is 0 Å². The molecule has 0 aromatic heterocycles. The monoisotopic (exact) mass is 453 g/mol. The average molecular weight is 454 g/mol. The highest BCUT2D eigenvalue weighted by Gasteiger charge is 2.25. The number of hydrogen-bond acceptors (Lipinski definition) is 4. The number of carbonyl (C=O) groups excluding carboxylic acids is 1. The molecule has 3 saturated heterocycles. The standard InChI is InChI=1S/C27H43N5O/c1-21(2)18-30-13-15-31(16-14-30)19-24-8-10-29(11-9-24)20-25-6-5-22(3)26(17-25)32-12-7-23(4)28-27(32)33/h5-6,17,21,24H,4,7-16,18-20H2,1-3H3,(H,28,33). The van der Waals surface area contributed by atoms with Crippen LogP contribution in [0.15, 0.2) is 30.5 Å². The van der Waals surface area contributed by atoms with Crippen molar-refractivity contribution in [3.8, 4) is 0 Å². The Labute approximate surface area is 200 Å². The van der Waals surface area contributed by atoms with Crippen LogP contribution in [0, 0.1) is 18.8 Å². The Bertz CT molecular complexity index is 822. The first-order valence-electron chi connectivity index (χ1n) is 12.9. The fourth-order valence-electron chi connectivity index (χ4n) is 5.52. The van der Waals surface area contributed by atoms with E-state index in [1.807, 2.05) is 4.90 Å². The Hall–Kier alpha value is -1.89. The number of urea groups is 1. The molecule has 0 unspecified atom stereocenters. The highest BCUT2D eigenvalue weighted by molar-refractivity contribution is 5.94. The van der Waals surface area contributed by atoms with Gasteiger partial charge in [0.1, 0.15) is 0 Å². The van der Waals surface area contributed by atoms with E-state index in [4.69, 9.17) is 0 Å². The van der Waals surface area contributed by atoms with Gasteiger partial charge in [0.15, 0.2) is 0 Å². The molecule has 182 valence electrons. The van der Waals surface area contributed by atoms with E-state index in [0.717, 1.165) is 41.7 Å². The number of hydrogen-bond donors (Lipinski definition) is 1. The Morgan fingerprint density at radius 2 is 1.70 bits per heavy atom. The molecular formula is C27H43N5O. The van der Waals surface area contributed by atoms with Gasteiger partial charge >= 0.3 is 6.03 Å². The molecule has 0 saturated carbocycles. The van der Waals surface area contributed by atoms with Crippen LogP contribution in [0.4, 0.5) is 10.5 Å². The quantitative estimate of drug-likeness (QED) is 0.680. The first-order valence-corrected chi connectivity index (χ1v) is 12.9. The van der Waals surface area contributed by atoms with Crippen molar-refractivity contribution in [2.45, 2.75) is 46.6 Å². The summed E-state index contributed by atoms with van der Waals surface area (Å²) in [6, 6.07) is 6.54. The van der Waals surface area contributed by atoms with E-state index in [2.05, 4.69) is 65.6 Å². The minimum absolute atomic E-state index is 0.0580. The van der Waals surface area contributed by atoms with Crippen molar-refractivity contribution >= 4 is 11.7 Å². The highest BCUT2D eigenvalue weighted by Crippen LogP contribution is 2.27. The van der Waals surface area contributed by atoms with E-state index >= 15 is 0 Å². The Morgan fingerprint density at radius 1 is 1.00 bits per heavy atom. The number of anilines is 1. The number of carbonyl (C=O) groups is 1. The van der Waals surface area contributed by atoms with Gasteiger partial charge in [-0.3, -0.25) is 9.80 Å². The van der Waals surface area contributed by atoms with E-state index in [0.29, 0.717) is 6.54 Å². The number of likely N-dealkylation sites (tertiary alicyclic amines) is 1. The molecule has 3 aliphatic rings. The number of rotatable bonds is 7. The number of piperazine rings is 1. The molecule has 0 atom stereocenters. The normalized spacial score (nSPS) is 22.2. The zero-order chi connectivity index (χ0) is 23.4. The van der Waals surface area contributed by atoms with Crippen LogP contribution >= 0.6 is 0 Å². The summed E-state index contributed by atoms with van der Waals surface area (Å²) in [6.07, 6.45) is 3.39. The molecule has 3 aliphatic heterocycles. The molecule has 4 rings (SSSR count). The van der Waals surface area contributed by atoms with Crippen molar-refractivity contribution in [3.05, 3.63) is 41.6 Å².